The van der Waals surface area contributed by atoms with Gasteiger partial charge in [0.1, 0.15) is 22.0 Å². The molecule has 0 aliphatic carbocycles. The molecule has 0 bridgehead atoms. The van der Waals surface area contributed by atoms with Crippen LogP contribution in [0, 0.1) is 13.8 Å². The van der Waals surface area contributed by atoms with E-state index < -0.39 is 16.0 Å². The molecule has 1 aromatic heterocycles. The smallest absolute Gasteiger partial charge is 0.340 e. The van der Waals surface area contributed by atoms with Gasteiger partial charge in [0.05, 0.1) is 13.0 Å². The van der Waals surface area contributed by atoms with Gasteiger partial charge in [0.25, 0.3) is 0 Å². The highest BCUT2D eigenvalue weighted by atomic mass is 32.2. The Morgan fingerprint density at radius 1 is 1.16 bits per heavy atom. The number of aromatic carboxylic acids is 1. The van der Waals surface area contributed by atoms with Crippen molar-refractivity contribution in [1.29, 1.82) is 0 Å². The van der Waals surface area contributed by atoms with E-state index in [0.29, 0.717) is 6.61 Å². The third kappa shape index (κ3) is 3.86. The van der Waals surface area contributed by atoms with E-state index in [1.807, 2.05) is 0 Å². The van der Waals surface area contributed by atoms with E-state index in [4.69, 9.17) is 9.15 Å². The van der Waals surface area contributed by atoms with Gasteiger partial charge >= 0.3 is 5.97 Å². The SMILES string of the molecule is COCCC(=O)N1CCN(S(=O)(=O)c2c(C)oc(C)c2C(=O)O)CC1. The molecule has 1 N–H and O–H groups in total. The van der Waals surface area contributed by atoms with E-state index in [9.17, 15) is 23.1 Å². The van der Waals surface area contributed by atoms with Gasteiger partial charge in [0, 0.05) is 33.3 Å². The molecule has 140 valence electrons. The van der Waals surface area contributed by atoms with Crippen molar-refractivity contribution in [2.45, 2.75) is 25.2 Å². The van der Waals surface area contributed by atoms with Crippen LogP contribution in [-0.4, -0.2) is 74.5 Å². The van der Waals surface area contributed by atoms with Crippen LogP contribution < -0.4 is 0 Å². The molecule has 2 rings (SSSR count). The standard InChI is InChI=1S/C15H22N2O7S/c1-10-13(15(19)20)14(11(2)24-10)25(21,22)17-7-5-16(6-8-17)12(18)4-9-23-3/h4-9H2,1-3H3,(H,19,20). The van der Waals surface area contributed by atoms with Gasteiger partial charge in [-0.15, -0.1) is 0 Å². The molecule has 9 nitrogen and oxygen atoms in total. The van der Waals surface area contributed by atoms with Crippen LogP contribution >= 0.6 is 0 Å². The van der Waals surface area contributed by atoms with Gasteiger partial charge in [0.2, 0.25) is 15.9 Å². The Labute approximate surface area is 146 Å². The number of methoxy groups -OCH3 is 1. The van der Waals surface area contributed by atoms with E-state index in [1.165, 1.54) is 25.3 Å². The largest absolute Gasteiger partial charge is 0.478 e. The molecule has 10 heteroatoms. The number of carbonyl (C=O) groups is 2. The van der Waals surface area contributed by atoms with Crippen molar-refractivity contribution in [2.75, 3.05) is 39.9 Å². The number of hydrogen-bond acceptors (Lipinski definition) is 6. The molecule has 1 amide bonds. The maximum atomic E-state index is 12.9. The molecule has 1 saturated heterocycles. The number of carboxylic acids is 1. The van der Waals surface area contributed by atoms with Crippen LogP contribution in [0.4, 0.5) is 0 Å². The molecule has 1 aliphatic heterocycles. The summed E-state index contributed by atoms with van der Waals surface area (Å²) in [5.41, 5.74) is -0.337. The molecule has 0 saturated carbocycles. The first-order valence-corrected chi connectivity index (χ1v) is 9.24. The predicted octanol–water partition coefficient (Wildman–Crippen LogP) is 0.464. The number of aryl methyl sites for hydroxylation is 2. The fraction of sp³-hybridized carbons (Fsp3) is 0.600. The summed E-state index contributed by atoms with van der Waals surface area (Å²) in [7, 11) is -2.51. The minimum atomic E-state index is -4.02. The van der Waals surface area contributed by atoms with Gasteiger partial charge < -0.3 is 19.2 Å². The van der Waals surface area contributed by atoms with Crippen molar-refractivity contribution in [1.82, 2.24) is 9.21 Å². The predicted molar refractivity (Wildman–Crippen MR) is 87.0 cm³/mol. The van der Waals surface area contributed by atoms with Gasteiger partial charge in [-0.05, 0) is 13.8 Å². The van der Waals surface area contributed by atoms with Crippen molar-refractivity contribution in [3.63, 3.8) is 0 Å². The number of carboxylic acid groups (broad SMARTS) is 1. The maximum absolute atomic E-state index is 12.9. The fourth-order valence-electron chi connectivity index (χ4n) is 2.88. The van der Waals surface area contributed by atoms with Gasteiger partial charge in [-0.1, -0.05) is 0 Å². The number of rotatable bonds is 6. The third-order valence-corrected chi connectivity index (χ3v) is 6.18. The molecule has 0 atom stereocenters. The average molecular weight is 374 g/mol. The van der Waals surface area contributed by atoms with E-state index in [1.54, 1.807) is 4.90 Å². The molecule has 0 radical (unpaired) electrons. The Bertz CT molecular complexity index is 761. The highest BCUT2D eigenvalue weighted by molar-refractivity contribution is 7.89. The van der Waals surface area contributed by atoms with Crippen LogP contribution in [0.15, 0.2) is 9.31 Å². The van der Waals surface area contributed by atoms with Gasteiger partial charge in [-0.3, -0.25) is 4.79 Å². The number of hydrogen-bond donors (Lipinski definition) is 1. The topological polar surface area (TPSA) is 117 Å². The molecular weight excluding hydrogens is 352 g/mol. The lowest BCUT2D eigenvalue weighted by atomic mass is 10.2. The van der Waals surface area contributed by atoms with Crippen LogP contribution in [0.3, 0.4) is 0 Å². The lowest BCUT2D eigenvalue weighted by Gasteiger charge is -2.34. The number of ether oxygens (including phenoxy) is 1. The van der Waals surface area contributed by atoms with Gasteiger partial charge in [-0.25, -0.2) is 13.2 Å². The lowest BCUT2D eigenvalue weighted by molar-refractivity contribution is -0.133. The summed E-state index contributed by atoms with van der Waals surface area (Å²) < 4.78 is 37.0. The summed E-state index contributed by atoms with van der Waals surface area (Å²) >= 11 is 0. The van der Waals surface area contributed by atoms with Crippen LogP contribution in [0.1, 0.15) is 28.3 Å². The molecular formula is C15H22N2O7S. The zero-order chi connectivity index (χ0) is 18.8. The molecule has 1 aliphatic rings. The first kappa shape index (κ1) is 19.4. The Balaban J connectivity index is 2.18. The van der Waals surface area contributed by atoms with Crippen molar-refractivity contribution < 1.29 is 32.3 Å². The summed E-state index contributed by atoms with van der Waals surface area (Å²) in [5, 5.41) is 9.31. The van der Waals surface area contributed by atoms with Crippen LogP contribution in [0.25, 0.3) is 0 Å². The number of piperazine rings is 1. The van der Waals surface area contributed by atoms with Gasteiger partial charge in [0.15, 0.2) is 0 Å². The number of sulfonamides is 1. The minimum absolute atomic E-state index is 0.0495. The van der Waals surface area contributed by atoms with E-state index >= 15 is 0 Å². The highest BCUT2D eigenvalue weighted by Gasteiger charge is 2.37. The maximum Gasteiger partial charge on any atom is 0.340 e. The molecule has 25 heavy (non-hydrogen) atoms. The number of furan rings is 1. The first-order chi connectivity index (χ1) is 11.7. The highest BCUT2D eigenvalue weighted by Crippen LogP contribution is 2.29. The summed E-state index contributed by atoms with van der Waals surface area (Å²) in [6, 6.07) is 0. The van der Waals surface area contributed by atoms with Crippen molar-refractivity contribution in [3.8, 4) is 0 Å². The summed E-state index contributed by atoms with van der Waals surface area (Å²) in [5.74, 6) is -1.34. The molecule has 1 fully saturated rings. The van der Waals surface area contributed by atoms with Crippen molar-refractivity contribution in [2.24, 2.45) is 0 Å². The minimum Gasteiger partial charge on any atom is -0.478 e. The summed E-state index contributed by atoms with van der Waals surface area (Å²) in [4.78, 5) is 24.7. The van der Waals surface area contributed by atoms with Crippen LogP contribution in [0.5, 0.6) is 0 Å². The van der Waals surface area contributed by atoms with E-state index in [0.717, 1.165) is 0 Å². The van der Waals surface area contributed by atoms with Crippen LogP contribution in [0.2, 0.25) is 0 Å². The fourth-order valence-corrected chi connectivity index (χ4v) is 4.67. The summed E-state index contributed by atoms with van der Waals surface area (Å²) in [6.45, 7) is 3.86. The second-order valence-corrected chi connectivity index (χ2v) is 7.63. The second kappa shape index (κ2) is 7.54. The zero-order valence-corrected chi connectivity index (χ0v) is 15.3. The number of nitrogens with zero attached hydrogens (tertiary/aromatic N) is 2. The molecule has 0 aromatic carbocycles. The number of amides is 1. The third-order valence-electron chi connectivity index (χ3n) is 4.13. The van der Waals surface area contributed by atoms with E-state index in [-0.39, 0.29) is 60.5 Å². The Kier molecular flexibility index (Phi) is 5.86. The molecule has 2 heterocycles. The lowest BCUT2D eigenvalue weighted by Crippen LogP contribution is -2.50. The van der Waals surface area contributed by atoms with E-state index in [2.05, 4.69) is 0 Å². The number of carbonyl (C=O) groups excluding carboxylic acids is 1. The Morgan fingerprint density at radius 3 is 2.28 bits per heavy atom. The first-order valence-electron chi connectivity index (χ1n) is 7.80. The quantitative estimate of drug-likeness (QED) is 0.769. The summed E-state index contributed by atoms with van der Waals surface area (Å²) in [6.07, 6.45) is 0.243. The van der Waals surface area contributed by atoms with Crippen LogP contribution in [-0.2, 0) is 19.6 Å². The molecule has 0 spiro atoms. The van der Waals surface area contributed by atoms with Crippen molar-refractivity contribution in [3.05, 3.63) is 17.1 Å². The Morgan fingerprint density at radius 2 is 1.76 bits per heavy atom. The monoisotopic (exact) mass is 374 g/mol. The van der Waals surface area contributed by atoms with Gasteiger partial charge in [-0.2, -0.15) is 4.31 Å². The molecule has 0 unspecified atom stereocenters. The van der Waals surface area contributed by atoms with Crippen molar-refractivity contribution >= 4 is 21.9 Å². The molecule has 1 aromatic rings. The zero-order valence-electron chi connectivity index (χ0n) is 14.4. The normalized spacial score (nSPS) is 16.2. The Hall–Kier alpha value is -1.91. The second-order valence-electron chi connectivity index (χ2n) is 5.75. The average Bonchev–Trinajstić information content (AvgIpc) is 2.87.